The number of hydrogen-bond acceptors (Lipinski definition) is 2. The fourth-order valence-corrected chi connectivity index (χ4v) is 1.39. The molecule has 78 valence electrons. The first-order valence-electron chi connectivity index (χ1n) is 5.11. The molecule has 0 unspecified atom stereocenters. The Hall–Kier alpha value is -1.12. The van der Waals surface area contributed by atoms with Crippen molar-refractivity contribution < 1.29 is 4.79 Å². The third-order valence-electron chi connectivity index (χ3n) is 3.04. The third kappa shape index (κ3) is 2.44. The normalized spacial score (nSPS) is 11.6. The van der Waals surface area contributed by atoms with Crippen molar-refractivity contribution in [1.29, 1.82) is 0 Å². The lowest BCUT2D eigenvalue weighted by atomic mass is 9.85. The SMILES string of the molecule is CCC(C)(CC)Cn1cc(C=O)cn1. The summed E-state index contributed by atoms with van der Waals surface area (Å²) in [6.45, 7) is 7.50. The van der Waals surface area contributed by atoms with Crippen molar-refractivity contribution in [3.8, 4) is 0 Å². The Bertz CT molecular complexity index is 300. The van der Waals surface area contributed by atoms with Crippen LogP contribution in [0.2, 0.25) is 0 Å². The fourth-order valence-electron chi connectivity index (χ4n) is 1.39. The van der Waals surface area contributed by atoms with Crippen molar-refractivity contribution in [2.24, 2.45) is 5.41 Å². The summed E-state index contributed by atoms with van der Waals surface area (Å²) in [5.41, 5.74) is 0.936. The summed E-state index contributed by atoms with van der Waals surface area (Å²) in [4.78, 5) is 10.5. The molecular weight excluding hydrogens is 176 g/mol. The molecule has 1 heterocycles. The van der Waals surface area contributed by atoms with E-state index in [2.05, 4.69) is 25.9 Å². The summed E-state index contributed by atoms with van der Waals surface area (Å²) in [6.07, 6.45) is 6.49. The monoisotopic (exact) mass is 194 g/mol. The summed E-state index contributed by atoms with van der Waals surface area (Å²) in [6, 6.07) is 0. The van der Waals surface area contributed by atoms with Crippen LogP contribution >= 0.6 is 0 Å². The van der Waals surface area contributed by atoms with Gasteiger partial charge >= 0.3 is 0 Å². The maximum atomic E-state index is 10.5. The van der Waals surface area contributed by atoms with Gasteiger partial charge in [-0.1, -0.05) is 20.8 Å². The highest BCUT2D eigenvalue weighted by atomic mass is 16.1. The van der Waals surface area contributed by atoms with E-state index in [1.807, 2.05) is 4.68 Å². The second kappa shape index (κ2) is 4.40. The predicted molar refractivity (Wildman–Crippen MR) is 56.3 cm³/mol. The van der Waals surface area contributed by atoms with Gasteiger partial charge < -0.3 is 0 Å². The first kappa shape index (κ1) is 11.0. The Morgan fingerprint density at radius 1 is 1.50 bits per heavy atom. The highest BCUT2D eigenvalue weighted by Crippen LogP contribution is 2.27. The molecule has 0 aliphatic rings. The lowest BCUT2D eigenvalue weighted by Crippen LogP contribution is -2.21. The second-order valence-corrected chi connectivity index (χ2v) is 4.11. The quantitative estimate of drug-likeness (QED) is 0.675. The molecule has 0 aromatic carbocycles. The van der Waals surface area contributed by atoms with E-state index in [1.54, 1.807) is 12.4 Å². The van der Waals surface area contributed by atoms with E-state index >= 15 is 0 Å². The topological polar surface area (TPSA) is 34.9 Å². The van der Waals surface area contributed by atoms with Gasteiger partial charge in [0.2, 0.25) is 0 Å². The number of aldehydes is 1. The van der Waals surface area contributed by atoms with E-state index in [-0.39, 0.29) is 5.41 Å². The summed E-state index contributed by atoms with van der Waals surface area (Å²) >= 11 is 0. The lowest BCUT2D eigenvalue weighted by molar-refractivity contribution is 0.112. The zero-order valence-electron chi connectivity index (χ0n) is 9.16. The van der Waals surface area contributed by atoms with Crippen LogP contribution in [0.4, 0.5) is 0 Å². The second-order valence-electron chi connectivity index (χ2n) is 4.11. The summed E-state index contributed by atoms with van der Waals surface area (Å²) in [7, 11) is 0. The molecule has 3 heteroatoms. The van der Waals surface area contributed by atoms with Crippen molar-refractivity contribution >= 4 is 6.29 Å². The van der Waals surface area contributed by atoms with E-state index in [1.165, 1.54) is 0 Å². The average Bonchev–Trinajstić information content (AvgIpc) is 2.65. The van der Waals surface area contributed by atoms with Gasteiger partial charge in [0.1, 0.15) is 0 Å². The van der Waals surface area contributed by atoms with Crippen molar-refractivity contribution in [2.75, 3.05) is 0 Å². The van der Waals surface area contributed by atoms with Gasteiger partial charge in [0.15, 0.2) is 6.29 Å². The summed E-state index contributed by atoms with van der Waals surface area (Å²) < 4.78 is 1.86. The minimum Gasteiger partial charge on any atom is -0.298 e. The lowest BCUT2D eigenvalue weighted by Gasteiger charge is -2.26. The molecule has 0 atom stereocenters. The molecular formula is C11H18N2O. The molecule has 0 spiro atoms. The Morgan fingerprint density at radius 2 is 2.14 bits per heavy atom. The van der Waals surface area contributed by atoms with E-state index in [4.69, 9.17) is 0 Å². The highest BCUT2D eigenvalue weighted by molar-refractivity contribution is 5.73. The minimum absolute atomic E-state index is 0.284. The van der Waals surface area contributed by atoms with Crippen LogP contribution in [-0.2, 0) is 6.54 Å². The Labute approximate surface area is 85.1 Å². The Kier molecular flexibility index (Phi) is 3.44. The Balaban J connectivity index is 2.71. The predicted octanol–water partition coefficient (Wildman–Crippen LogP) is 2.52. The number of nitrogens with zero attached hydrogens (tertiary/aromatic N) is 2. The van der Waals surface area contributed by atoms with Crippen LogP contribution in [0.25, 0.3) is 0 Å². The molecule has 0 saturated carbocycles. The van der Waals surface area contributed by atoms with E-state index in [0.29, 0.717) is 5.56 Å². The van der Waals surface area contributed by atoms with Crippen LogP contribution in [0.1, 0.15) is 44.0 Å². The zero-order chi connectivity index (χ0) is 10.6. The number of carbonyl (C=O) groups is 1. The van der Waals surface area contributed by atoms with Gasteiger partial charge in [0.25, 0.3) is 0 Å². The molecule has 0 fully saturated rings. The van der Waals surface area contributed by atoms with E-state index < -0.39 is 0 Å². The molecule has 0 saturated heterocycles. The standard InChI is InChI=1S/C11H18N2O/c1-4-11(3,5-2)9-13-7-10(8-14)6-12-13/h6-8H,4-5,9H2,1-3H3. The van der Waals surface area contributed by atoms with Gasteiger partial charge in [-0.15, -0.1) is 0 Å². The third-order valence-corrected chi connectivity index (χ3v) is 3.04. The van der Waals surface area contributed by atoms with E-state index in [0.717, 1.165) is 25.7 Å². The van der Waals surface area contributed by atoms with Crippen LogP contribution < -0.4 is 0 Å². The largest absolute Gasteiger partial charge is 0.298 e. The average molecular weight is 194 g/mol. The van der Waals surface area contributed by atoms with Crippen LogP contribution in [-0.4, -0.2) is 16.1 Å². The molecule has 0 bridgehead atoms. The van der Waals surface area contributed by atoms with Gasteiger partial charge in [-0.25, -0.2) is 0 Å². The van der Waals surface area contributed by atoms with E-state index in [9.17, 15) is 4.79 Å². The fraction of sp³-hybridized carbons (Fsp3) is 0.636. The number of rotatable bonds is 5. The van der Waals surface area contributed by atoms with Crippen molar-refractivity contribution in [2.45, 2.75) is 40.2 Å². The van der Waals surface area contributed by atoms with Crippen molar-refractivity contribution in [3.05, 3.63) is 18.0 Å². The maximum absolute atomic E-state index is 10.5. The summed E-state index contributed by atoms with van der Waals surface area (Å²) in [5, 5.41) is 4.15. The van der Waals surface area contributed by atoms with Crippen LogP contribution in [0, 0.1) is 5.41 Å². The number of aromatic nitrogens is 2. The molecule has 1 aromatic rings. The Morgan fingerprint density at radius 3 is 2.57 bits per heavy atom. The molecule has 0 radical (unpaired) electrons. The smallest absolute Gasteiger partial charge is 0.153 e. The van der Waals surface area contributed by atoms with Gasteiger partial charge in [-0.05, 0) is 18.3 Å². The molecule has 0 N–H and O–H groups in total. The van der Waals surface area contributed by atoms with Gasteiger partial charge in [0, 0.05) is 12.7 Å². The molecule has 0 amide bonds. The van der Waals surface area contributed by atoms with Crippen molar-refractivity contribution in [3.63, 3.8) is 0 Å². The van der Waals surface area contributed by atoms with Gasteiger partial charge in [-0.2, -0.15) is 5.10 Å². The highest BCUT2D eigenvalue weighted by Gasteiger charge is 2.20. The molecule has 1 rings (SSSR count). The summed E-state index contributed by atoms with van der Waals surface area (Å²) in [5.74, 6) is 0. The van der Waals surface area contributed by atoms with Gasteiger partial charge in [0.05, 0.1) is 11.8 Å². The molecule has 0 aliphatic carbocycles. The molecule has 0 aliphatic heterocycles. The molecule has 1 aromatic heterocycles. The maximum Gasteiger partial charge on any atom is 0.153 e. The van der Waals surface area contributed by atoms with Crippen LogP contribution in [0.15, 0.2) is 12.4 Å². The van der Waals surface area contributed by atoms with Gasteiger partial charge in [-0.3, -0.25) is 9.48 Å². The van der Waals surface area contributed by atoms with Crippen LogP contribution in [0.5, 0.6) is 0 Å². The van der Waals surface area contributed by atoms with Crippen LogP contribution in [0.3, 0.4) is 0 Å². The molecule has 3 nitrogen and oxygen atoms in total. The first-order valence-corrected chi connectivity index (χ1v) is 5.11. The zero-order valence-corrected chi connectivity index (χ0v) is 9.16. The minimum atomic E-state index is 0.284. The van der Waals surface area contributed by atoms with Crippen molar-refractivity contribution in [1.82, 2.24) is 9.78 Å². The first-order chi connectivity index (χ1) is 6.63. The number of hydrogen-bond donors (Lipinski definition) is 0. The number of carbonyl (C=O) groups excluding carboxylic acids is 1. The molecule has 14 heavy (non-hydrogen) atoms.